The zero-order valence-corrected chi connectivity index (χ0v) is 12.4. The first-order chi connectivity index (χ1) is 9.65. The molecule has 0 aromatic carbocycles. The van der Waals surface area contributed by atoms with Crippen LogP contribution in [-0.4, -0.2) is 28.1 Å². The Morgan fingerprint density at radius 2 is 1.95 bits per heavy atom. The number of rotatable bonds is 5. The molecule has 0 unspecified atom stereocenters. The average Bonchev–Trinajstić information content (AvgIpc) is 2.43. The molecule has 0 saturated carbocycles. The zero-order chi connectivity index (χ0) is 14.5. The standard InChI is InChI=1S/C15H20N4O/c1-5-17-15-10(3)14(18-11(4)19-15)12-7-13(20-6-2)9-16-8-12/h7-9H,5-6H2,1-4H3,(H,17,18,19). The van der Waals surface area contributed by atoms with Crippen LogP contribution in [0.3, 0.4) is 0 Å². The molecule has 2 rings (SSSR count). The molecular weight excluding hydrogens is 252 g/mol. The highest BCUT2D eigenvalue weighted by Crippen LogP contribution is 2.27. The number of aryl methyl sites for hydroxylation is 1. The lowest BCUT2D eigenvalue weighted by Crippen LogP contribution is -2.06. The first-order valence-corrected chi connectivity index (χ1v) is 6.83. The van der Waals surface area contributed by atoms with E-state index in [2.05, 4.69) is 20.3 Å². The Balaban J connectivity index is 2.48. The highest BCUT2D eigenvalue weighted by molar-refractivity contribution is 5.68. The van der Waals surface area contributed by atoms with Gasteiger partial charge in [-0.3, -0.25) is 4.98 Å². The van der Waals surface area contributed by atoms with Crippen LogP contribution in [-0.2, 0) is 0 Å². The van der Waals surface area contributed by atoms with Crippen LogP contribution < -0.4 is 10.1 Å². The van der Waals surface area contributed by atoms with Crippen LogP contribution in [0.4, 0.5) is 5.82 Å². The third-order valence-corrected chi connectivity index (χ3v) is 2.90. The number of hydrogen-bond acceptors (Lipinski definition) is 5. The molecule has 0 amide bonds. The monoisotopic (exact) mass is 272 g/mol. The average molecular weight is 272 g/mol. The van der Waals surface area contributed by atoms with E-state index in [4.69, 9.17) is 4.74 Å². The predicted molar refractivity (Wildman–Crippen MR) is 80.1 cm³/mol. The van der Waals surface area contributed by atoms with E-state index in [0.717, 1.165) is 40.8 Å². The van der Waals surface area contributed by atoms with Gasteiger partial charge in [-0.2, -0.15) is 0 Å². The van der Waals surface area contributed by atoms with Gasteiger partial charge in [0.2, 0.25) is 0 Å². The Morgan fingerprint density at radius 1 is 1.15 bits per heavy atom. The fourth-order valence-electron chi connectivity index (χ4n) is 2.04. The van der Waals surface area contributed by atoms with Gasteiger partial charge in [-0.15, -0.1) is 0 Å². The number of ether oxygens (including phenoxy) is 1. The minimum Gasteiger partial charge on any atom is -0.492 e. The largest absolute Gasteiger partial charge is 0.492 e. The lowest BCUT2D eigenvalue weighted by atomic mass is 10.1. The molecule has 0 atom stereocenters. The summed E-state index contributed by atoms with van der Waals surface area (Å²) in [4.78, 5) is 13.2. The zero-order valence-electron chi connectivity index (χ0n) is 12.4. The molecule has 1 N–H and O–H groups in total. The number of hydrogen-bond donors (Lipinski definition) is 1. The smallest absolute Gasteiger partial charge is 0.138 e. The van der Waals surface area contributed by atoms with Crippen molar-refractivity contribution in [3.8, 4) is 17.0 Å². The summed E-state index contributed by atoms with van der Waals surface area (Å²) in [6, 6.07) is 1.96. The minimum absolute atomic E-state index is 0.621. The summed E-state index contributed by atoms with van der Waals surface area (Å²) in [6.07, 6.45) is 3.51. The van der Waals surface area contributed by atoms with Gasteiger partial charge in [0.15, 0.2) is 0 Å². The third kappa shape index (κ3) is 3.04. The van der Waals surface area contributed by atoms with Gasteiger partial charge < -0.3 is 10.1 Å². The fraction of sp³-hybridized carbons (Fsp3) is 0.400. The summed E-state index contributed by atoms with van der Waals surface area (Å²) in [5.74, 6) is 2.37. The lowest BCUT2D eigenvalue weighted by Gasteiger charge is -2.12. The molecule has 2 aromatic heterocycles. The van der Waals surface area contributed by atoms with E-state index in [0.29, 0.717) is 6.61 Å². The highest BCUT2D eigenvalue weighted by Gasteiger charge is 2.11. The van der Waals surface area contributed by atoms with Crippen LogP contribution in [0, 0.1) is 13.8 Å². The topological polar surface area (TPSA) is 59.9 Å². The molecule has 0 fully saturated rings. The third-order valence-electron chi connectivity index (χ3n) is 2.90. The van der Waals surface area contributed by atoms with E-state index >= 15 is 0 Å². The van der Waals surface area contributed by atoms with Crippen LogP contribution in [0.2, 0.25) is 0 Å². The van der Waals surface area contributed by atoms with Gasteiger partial charge in [-0.25, -0.2) is 9.97 Å². The second kappa shape index (κ2) is 6.32. The van der Waals surface area contributed by atoms with Gasteiger partial charge in [-0.1, -0.05) is 0 Å². The molecule has 0 aliphatic heterocycles. The van der Waals surface area contributed by atoms with Crippen LogP contribution in [0.25, 0.3) is 11.3 Å². The Hall–Kier alpha value is -2.17. The number of pyridine rings is 1. The van der Waals surface area contributed by atoms with Crippen molar-refractivity contribution in [3.05, 3.63) is 29.8 Å². The summed E-state index contributed by atoms with van der Waals surface area (Å²) in [5, 5.41) is 3.26. The summed E-state index contributed by atoms with van der Waals surface area (Å²) in [5.41, 5.74) is 2.86. The molecule has 0 radical (unpaired) electrons. The molecule has 5 nitrogen and oxygen atoms in total. The Labute approximate surface area is 119 Å². The quantitative estimate of drug-likeness (QED) is 0.906. The summed E-state index contributed by atoms with van der Waals surface area (Å²) >= 11 is 0. The summed E-state index contributed by atoms with van der Waals surface area (Å²) < 4.78 is 5.49. The van der Waals surface area contributed by atoms with E-state index < -0.39 is 0 Å². The van der Waals surface area contributed by atoms with E-state index in [-0.39, 0.29) is 0 Å². The van der Waals surface area contributed by atoms with Gasteiger partial charge in [0.1, 0.15) is 17.4 Å². The van der Waals surface area contributed by atoms with Crippen molar-refractivity contribution in [2.45, 2.75) is 27.7 Å². The van der Waals surface area contributed by atoms with Gasteiger partial charge >= 0.3 is 0 Å². The molecule has 5 heteroatoms. The Kier molecular flexibility index (Phi) is 4.50. The van der Waals surface area contributed by atoms with Crippen LogP contribution in [0.1, 0.15) is 25.2 Å². The first-order valence-electron chi connectivity index (χ1n) is 6.83. The summed E-state index contributed by atoms with van der Waals surface area (Å²) in [7, 11) is 0. The molecule has 2 aromatic rings. The second-order valence-electron chi connectivity index (χ2n) is 4.47. The van der Waals surface area contributed by atoms with Crippen molar-refractivity contribution in [1.29, 1.82) is 0 Å². The number of nitrogens with one attached hydrogen (secondary N) is 1. The van der Waals surface area contributed by atoms with Crippen molar-refractivity contribution < 1.29 is 4.74 Å². The van der Waals surface area contributed by atoms with E-state index in [9.17, 15) is 0 Å². The molecule has 2 heterocycles. The molecule has 0 spiro atoms. The van der Waals surface area contributed by atoms with Crippen LogP contribution >= 0.6 is 0 Å². The van der Waals surface area contributed by atoms with Gasteiger partial charge in [0.05, 0.1) is 18.5 Å². The number of anilines is 1. The normalized spacial score (nSPS) is 10.4. The van der Waals surface area contributed by atoms with Crippen molar-refractivity contribution in [1.82, 2.24) is 15.0 Å². The highest BCUT2D eigenvalue weighted by atomic mass is 16.5. The molecule has 106 valence electrons. The second-order valence-corrected chi connectivity index (χ2v) is 4.47. The van der Waals surface area contributed by atoms with Crippen molar-refractivity contribution in [2.75, 3.05) is 18.5 Å². The van der Waals surface area contributed by atoms with Gasteiger partial charge in [-0.05, 0) is 33.8 Å². The van der Waals surface area contributed by atoms with Gasteiger partial charge in [0, 0.05) is 23.9 Å². The first kappa shape index (κ1) is 14.2. The van der Waals surface area contributed by atoms with E-state index in [1.807, 2.05) is 33.8 Å². The Morgan fingerprint density at radius 3 is 2.65 bits per heavy atom. The van der Waals surface area contributed by atoms with Crippen molar-refractivity contribution in [3.63, 3.8) is 0 Å². The SMILES string of the molecule is CCNc1nc(C)nc(-c2cncc(OCC)c2)c1C. The van der Waals surface area contributed by atoms with Crippen molar-refractivity contribution >= 4 is 5.82 Å². The summed E-state index contributed by atoms with van der Waals surface area (Å²) in [6.45, 7) is 9.36. The maximum atomic E-state index is 5.49. The Bertz CT molecular complexity index is 598. The lowest BCUT2D eigenvalue weighted by molar-refractivity contribution is 0.339. The van der Waals surface area contributed by atoms with Crippen LogP contribution in [0.15, 0.2) is 18.5 Å². The molecule has 0 aliphatic carbocycles. The fourth-order valence-corrected chi connectivity index (χ4v) is 2.04. The van der Waals surface area contributed by atoms with Crippen LogP contribution in [0.5, 0.6) is 5.75 Å². The minimum atomic E-state index is 0.621. The molecule has 0 bridgehead atoms. The molecular formula is C15H20N4O. The number of aromatic nitrogens is 3. The van der Waals surface area contributed by atoms with Crippen molar-refractivity contribution in [2.24, 2.45) is 0 Å². The molecule has 0 saturated heterocycles. The van der Waals surface area contributed by atoms with E-state index in [1.165, 1.54) is 0 Å². The van der Waals surface area contributed by atoms with Gasteiger partial charge in [0.25, 0.3) is 0 Å². The molecule has 20 heavy (non-hydrogen) atoms. The predicted octanol–water partition coefficient (Wildman–Crippen LogP) is 2.99. The van der Waals surface area contributed by atoms with E-state index in [1.54, 1.807) is 12.4 Å². The number of nitrogens with zero attached hydrogens (tertiary/aromatic N) is 3. The molecule has 0 aliphatic rings. The maximum absolute atomic E-state index is 5.49. The maximum Gasteiger partial charge on any atom is 0.138 e.